The van der Waals surface area contributed by atoms with Gasteiger partial charge in [-0.15, -0.1) is 0 Å². The molecule has 0 saturated heterocycles. The van der Waals surface area contributed by atoms with Crippen molar-refractivity contribution in [3.05, 3.63) is 95.1 Å². The van der Waals surface area contributed by atoms with Gasteiger partial charge in [0.15, 0.2) is 0 Å². The van der Waals surface area contributed by atoms with Gasteiger partial charge in [0, 0.05) is 17.5 Å². The number of halogens is 1. The molecule has 2 nitrogen and oxygen atoms in total. The van der Waals surface area contributed by atoms with Crippen molar-refractivity contribution in [2.45, 2.75) is 51.4 Å². The maximum Gasteiger partial charge on any atom is 0.136 e. The summed E-state index contributed by atoms with van der Waals surface area (Å²) in [5.74, 6) is 0.315. The topological polar surface area (TPSA) is 38.4 Å². The predicted molar refractivity (Wildman–Crippen MR) is 117 cm³/mol. The molecule has 1 fully saturated rings. The molecule has 0 aromatic heterocycles. The summed E-state index contributed by atoms with van der Waals surface area (Å²) < 4.78 is 15.6. The first-order valence-electron chi connectivity index (χ1n) is 9.98. The summed E-state index contributed by atoms with van der Waals surface area (Å²) in [4.78, 5) is 4.32. The van der Waals surface area contributed by atoms with Crippen molar-refractivity contribution < 1.29 is 4.39 Å². The van der Waals surface area contributed by atoms with Crippen LogP contribution in [0.1, 0.15) is 61.6 Å². The van der Waals surface area contributed by atoms with E-state index < -0.39 is 0 Å². The van der Waals surface area contributed by atoms with Gasteiger partial charge in [-0.3, -0.25) is 4.99 Å². The standard InChI is InChI=1S/C25H29FN2/c1-4-18-9-10-19(15-18)11-12-22-21(20-7-6-8-20)13-14-23(25(22)26)24(5-2)28-16-17(3)27/h4-5,9-10,13-14,16,20H,1-2,6-8,11-12,15,27H2,3H3/b17-16+,28-24?. The van der Waals surface area contributed by atoms with Gasteiger partial charge in [0.05, 0.1) is 5.71 Å². The Balaban J connectivity index is 1.91. The summed E-state index contributed by atoms with van der Waals surface area (Å²) in [7, 11) is 0. The van der Waals surface area contributed by atoms with E-state index >= 15 is 4.39 Å². The number of nitrogens with zero attached hydrogens (tertiary/aromatic N) is 1. The molecule has 0 heterocycles. The van der Waals surface area contributed by atoms with Crippen LogP contribution in [0, 0.1) is 5.82 Å². The lowest BCUT2D eigenvalue weighted by Gasteiger charge is -2.29. The molecule has 2 aliphatic carbocycles. The van der Waals surface area contributed by atoms with Gasteiger partial charge in [-0.2, -0.15) is 0 Å². The molecule has 2 aliphatic rings. The molecule has 0 bridgehead atoms. The van der Waals surface area contributed by atoms with Crippen molar-refractivity contribution in [3.63, 3.8) is 0 Å². The zero-order chi connectivity index (χ0) is 20.1. The third kappa shape index (κ3) is 4.41. The van der Waals surface area contributed by atoms with Gasteiger partial charge in [0.1, 0.15) is 5.82 Å². The quantitative estimate of drug-likeness (QED) is 0.534. The van der Waals surface area contributed by atoms with Gasteiger partial charge in [-0.1, -0.05) is 49.4 Å². The maximum absolute atomic E-state index is 15.6. The van der Waals surface area contributed by atoms with E-state index in [1.54, 1.807) is 19.2 Å². The average Bonchev–Trinajstić information content (AvgIpc) is 3.09. The molecule has 2 N–H and O–H groups in total. The van der Waals surface area contributed by atoms with Crippen LogP contribution >= 0.6 is 0 Å². The second-order valence-corrected chi connectivity index (χ2v) is 7.66. The molecule has 0 unspecified atom stereocenters. The number of hydrogen-bond donors (Lipinski definition) is 1. The Kier molecular flexibility index (Phi) is 6.45. The maximum atomic E-state index is 15.6. The second-order valence-electron chi connectivity index (χ2n) is 7.66. The average molecular weight is 377 g/mol. The van der Waals surface area contributed by atoms with Crippen molar-refractivity contribution in [3.8, 4) is 0 Å². The van der Waals surface area contributed by atoms with Gasteiger partial charge in [0.2, 0.25) is 0 Å². The Hall–Kier alpha value is -2.68. The summed E-state index contributed by atoms with van der Waals surface area (Å²) in [6.07, 6.45) is 15.3. The number of rotatable bonds is 8. The van der Waals surface area contributed by atoms with Gasteiger partial charge in [-0.25, -0.2) is 4.39 Å². The lowest BCUT2D eigenvalue weighted by molar-refractivity contribution is 0.414. The van der Waals surface area contributed by atoms with Crippen molar-refractivity contribution >= 4 is 5.71 Å². The minimum atomic E-state index is -0.165. The SMILES string of the molecule is C=CC1=CC=C(CCc2c(C3CCC3)ccc(C(C=C)=N/C=C(\C)N)c2F)C1. The minimum absolute atomic E-state index is 0.165. The fourth-order valence-electron chi connectivity index (χ4n) is 3.80. The van der Waals surface area contributed by atoms with Crippen LogP contribution < -0.4 is 5.73 Å². The zero-order valence-electron chi connectivity index (χ0n) is 16.7. The predicted octanol–water partition coefficient (Wildman–Crippen LogP) is 6.26. The van der Waals surface area contributed by atoms with Crippen LogP contribution in [0.3, 0.4) is 0 Å². The number of hydrogen-bond acceptors (Lipinski definition) is 2. The van der Waals surface area contributed by atoms with Gasteiger partial charge in [-0.05, 0) is 73.8 Å². The highest BCUT2D eigenvalue weighted by atomic mass is 19.1. The summed E-state index contributed by atoms with van der Waals surface area (Å²) in [5.41, 5.74) is 11.8. The Bertz CT molecular complexity index is 891. The lowest BCUT2D eigenvalue weighted by Crippen LogP contribution is -2.15. The van der Waals surface area contributed by atoms with Gasteiger partial charge >= 0.3 is 0 Å². The Morgan fingerprint density at radius 1 is 1.25 bits per heavy atom. The van der Waals surface area contributed by atoms with E-state index in [4.69, 9.17) is 5.73 Å². The fraction of sp³-hybridized carbons (Fsp3) is 0.320. The van der Waals surface area contributed by atoms with Crippen LogP contribution in [0.4, 0.5) is 4.39 Å². The van der Waals surface area contributed by atoms with Gasteiger partial charge < -0.3 is 5.73 Å². The van der Waals surface area contributed by atoms with Crippen LogP contribution in [-0.4, -0.2) is 5.71 Å². The monoisotopic (exact) mass is 376 g/mol. The number of benzene rings is 1. The number of allylic oxidation sites excluding steroid dienone is 7. The van der Waals surface area contributed by atoms with Crippen LogP contribution in [0.25, 0.3) is 0 Å². The first kappa shape index (κ1) is 20.1. The molecule has 1 saturated carbocycles. The highest BCUT2D eigenvalue weighted by molar-refractivity contribution is 6.09. The first-order valence-corrected chi connectivity index (χ1v) is 9.98. The van der Waals surface area contributed by atoms with Crippen LogP contribution in [0.15, 0.2) is 77.6 Å². The van der Waals surface area contributed by atoms with Crippen molar-refractivity contribution in [2.75, 3.05) is 0 Å². The molecule has 0 aliphatic heterocycles. The molecular formula is C25H29FN2. The number of aliphatic imine (C=N–C) groups is 1. The summed E-state index contributed by atoms with van der Waals surface area (Å²) in [5, 5.41) is 0. The molecule has 146 valence electrons. The molecule has 3 heteroatoms. The largest absolute Gasteiger partial charge is 0.401 e. The molecular weight excluding hydrogens is 347 g/mol. The number of nitrogens with two attached hydrogens (primary N) is 1. The zero-order valence-corrected chi connectivity index (χ0v) is 16.7. The van der Waals surface area contributed by atoms with Crippen LogP contribution in [0.2, 0.25) is 0 Å². The van der Waals surface area contributed by atoms with E-state index in [2.05, 4.69) is 36.4 Å². The molecule has 1 aromatic carbocycles. The van der Waals surface area contributed by atoms with E-state index in [1.165, 1.54) is 17.6 Å². The third-order valence-electron chi connectivity index (χ3n) is 5.62. The van der Waals surface area contributed by atoms with Gasteiger partial charge in [0.25, 0.3) is 0 Å². The molecule has 0 spiro atoms. The van der Waals surface area contributed by atoms with Crippen molar-refractivity contribution in [1.29, 1.82) is 0 Å². The highest BCUT2D eigenvalue weighted by Gasteiger charge is 2.25. The summed E-state index contributed by atoms with van der Waals surface area (Å²) in [6, 6.07) is 3.94. The first-order chi connectivity index (χ1) is 13.5. The van der Waals surface area contributed by atoms with Crippen LogP contribution in [-0.2, 0) is 6.42 Å². The second kappa shape index (κ2) is 9.01. The van der Waals surface area contributed by atoms with E-state index in [-0.39, 0.29) is 5.82 Å². The lowest BCUT2D eigenvalue weighted by atomic mass is 9.76. The van der Waals surface area contributed by atoms with E-state index in [0.29, 0.717) is 29.3 Å². The molecule has 1 aromatic rings. The summed E-state index contributed by atoms with van der Waals surface area (Å²) >= 11 is 0. The molecule has 0 atom stereocenters. The minimum Gasteiger partial charge on any atom is -0.401 e. The Morgan fingerprint density at radius 3 is 2.61 bits per heavy atom. The van der Waals surface area contributed by atoms with E-state index in [0.717, 1.165) is 36.8 Å². The third-order valence-corrected chi connectivity index (χ3v) is 5.62. The molecule has 0 radical (unpaired) electrons. The highest BCUT2D eigenvalue weighted by Crippen LogP contribution is 2.40. The molecule has 28 heavy (non-hydrogen) atoms. The van der Waals surface area contributed by atoms with E-state index in [1.807, 2.05) is 12.1 Å². The smallest absolute Gasteiger partial charge is 0.136 e. The van der Waals surface area contributed by atoms with E-state index in [9.17, 15) is 0 Å². The fourth-order valence-corrected chi connectivity index (χ4v) is 3.80. The normalized spacial score (nSPS) is 17.8. The Morgan fingerprint density at radius 2 is 2.04 bits per heavy atom. The van der Waals surface area contributed by atoms with Crippen molar-refractivity contribution in [1.82, 2.24) is 0 Å². The summed E-state index contributed by atoms with van der Waals surface area (Å²) in [6.45, 7) is 9.40. The molecule has 3 rings (SSSR count). The molecule has 0 amide bonds. The van der Waals surface area contributed by atoms with Crippen molar-refractivity contribution in [2.24, 2.45) is 10.7 Å². The Labute approximate surface area is 167 Å². The van der Waals surface area contributed by atoms with Crippen LogP contribution in [0.5, 0.6) is 0 Å².